The lowest BCUT2D eigenvalue weighted by atomic mass is 10.1. The Morgan fingerprint density at radius 1 is 1.07 bits per heavy atom. The van der Waals surface area contributed by atoms with Gasteiger partial charge in [-0.3, -0.25) is 9.59 Å². The summed E-state index contributed by atoms with van der Waals surface area (Å²) in [4.78, 5) is 36.5. The summed E-state index contributed by atoms with van der Waals surface area (Å²) in [5.41, 5.74) is 1.53. The molecule has 0 bridgehead atoms. The zero-order valence-electron chi connectivity index (χ0n) is 15.9. The summed E-state index contributed by atoms with van der Waals surface area (Å²) in [6.45, 7) is 1.27. The summed E-state index contributed by atoms with van der Waals surface area (Å²) in [7, 11) is 1.53. The van der Waals surface area contributed by atoms with E-state index in [4.69, 9.17) is 16.3 Å². The van der Waals surface area contributed by atoms with E-state index in [2.05, 4.69) is 5.32 Å². The van der Waals surface area contributed by atoms with Gasteiger partial charge in [-0.1, -0.05) is 35.9 Å². The maximum atomic E-state index is 12.2. The summed E-state index contributed by atoms with van der Waals surface area (Å²) in [6, 6.07) is 14.1. The van der Waals surface area contributed by atoms with Crippen LogP contribution < -0.4 is 10.1 Å². The zero-order valence-corrected chi connectivity index (χ0v) is 16.7. The van der Waals surface area contributed by atoms with Crippen molar-refractivity contribution in [2.75, 3.05) is 25.5 Å². The fourth-order valence-corrected chi connectivity index (χ4v) is 2.57. The largest absolute Gasteiger partial charge is 0.484 e. The minimum atomic E-state index is -0.348. The molecule has 2 amide bonds. The van der Waals surface area contributed by atoms with E-state index in [1.54, 1.807) is 43.3 Å². The average molecular weight is 403 g/mol. The van der Waals surface area contributed by atoms with Crippen molar-refractivity contribution >= 4 is 34.9 Å². The molecular weight excluding hydrogens is 380 g/mol. The van der Waals surface area contributed by atoms with Crippen LogP contribution >= 0.6 is 11.6 Å². The van der Waals surface area contributed by atoms with E-state index in [1.807, 2.05) is 12.1 Å². The topological polar surface area (TPSA) is 75.7 Å². The second-order valence-electron chi connectivity index (χ2n) is 6.41. The quantitative estimate of drug-likeness (QED) is 0.698. The van der Waals surface area contributed by atoms with Crippen LogP contribution in [-0.2, 0) is 20.8 Å². The molecular formula is C21H23ClN2O4. The molecule has 1 N–H and O–H groups in total. The number of ether oxygens (including phenoxy) is 1. The van der Waals surface area contributed by atoms with Gasteiger partial charge >= 0.3 is 0 Å². The molecule has 2 rings (SSSR count). The third-order valence-electron chi connectivity index (χ3n) is 4.01. The Morgan fingerprint density at radius 2 is 1.75 bits per heavy atom. The van der Waals surface area contributed by atoms with Crippen molar-refractivity contribution in [1.29, 1.82) is 0 Å². The molecule has 0 aliphatic heterocycles. The first-order valence-corrected chi connectivity index (χ1v) is 9.22. The zero-order chi connectivity index (χ0) is 20.5. The Kier molecular flexibility index (Phi) is 8.02. The first kappa shape index (κ1) is 21.4. The van der Waals surface area contributed by atoms with Crippen LogP contribution in [0.25, 0.3) is 0 Å². The molecule has 28 heavy (non-hydrogen) atoms. The highest BCUT2D eigenvalue weighted by atomic mass is 35.5. The molecule has 0 aliphatic rings. The minimum Gasteiger partial charge on any atom is -0.484 e. The second-order valence-corrected chi connectivity index (χ2v) is 6.82. The van der Waals surface area contributed by atoms with Gasteiger partial charge in [-0.25, -0.2) is 0 Å². The van der Waals surface area contributed by atoms with Crippen LogP contribution in [0.15, 0.2) is 48.5 Å². The Hall–Kier alpha value is -2.86. The number of aryl methyl sites for hydroxylation is 1. The van der Waals surface area contributed by atoms with Crippen molar-refractivity contribution in [3.63, 3.8) is 0 Å². The number of benzene rings is 2. The summed E-state index contributed by atoms with van der Waals surface area (Å²) in [6.07, 6.45) is 1.18. The molecule has 0 fully saturated rings. The molecule has 0 aliphatic carbocycles. The highest BCUT2D eigenvalue weighted by molar-refractivity contribution is 6.33. The van der Waals surface area contributed by atoms with E-state index in [1.165, 1.54) is 11.9 Å². The molecule has 2 aromatic rings. The minimum absolute atomic E-state index is 0.114. The van der Waals surface area contributed by atoms with Gasteiger partial charge in [0.05, 0.1) is 17.3 Å². The van der Waals surface area contributed by atoms with Gasteiger partial charge in [0.2, 0.25) is 5.91 Å². The van der Waals surface area contributed by atoms with Gasteiger partial charge < -0.3 is 19.7 Å². The third kappa shape index (κ3) is 7.04. The standard InChI is InChI=1S/C21H23ClN2O4/c1-15(25)7-8-16-9-11-17(12-10-16)28-14-21(27)24(2)13-20(26)23-19-6-4-3-5-18(19)22/h3-6,9-12H,7-8,13-14H2,1-2H3,(H,23,26). The van der Waals surface area contributed by atoms with Gasteiger partial charge in [0, 0.05) is 13.5 Å². The number of amides is 2. The summed E-state index contributed by atoms with van der Waals surface area (Å²) < 4.78 is 5.48. The van der Waals surface area contributed by atoms with E-state index >= 15 is 0 Å². The average Bonchev–Trinajstić information content (AvgIpc) is 2.67. The number of Topliss-reactive ketones (excluding diaryl/α,β-unsaturated/α-hetero) is 1. The van der Waals surface area contributed by atoms with Gasteiger partial charge in [0.25, 0.3) is 5.91 Å². The van der Waals surface area contributed by atoms with E-state index in [0.717, 1.165) is 5.56 Å². The summed E-state index contributed by atoms with van der Waals surface area (Å²) >= 11 is 6.00. The van der Waals surface area contributed by atoms with E-state index in [0.29, 0.717) is 29.3 Å². The number of halogens is 1. The molecule has 2 aromatic carbocycles. The first-order valence-electron chi connectivity index (χ1n) is 8.84. The highest BCUT2D eigenvalue weighted by Gasteiger charge is 2.14. The van der Waals surface area contributed by atoms with Gasteiger partial charge in [-0.15, -0.1) is 0 Å². The van der Waals surface area contributed by atoms with Crippen molar-refractivity contribution in [2.24, 2.45) is 0 Å². The fraction of sp³-hybridized carbons (Fsp3) is 0.286. The maximum Gasteiger partial charge on any atom is 0.260 e. The van der Waals surface area contributed by atoms with E-state index in [9.17, 15) is 14.4 Å². The number of nitrogens with zero attached hydrogens (tertiary/aromatic N) is 1. The molecule has 0 heterocycles. The number of ketones is 1. The van der Waals surface area contributed by atoms with E-state index < -0.39 is 0 Å². The number of hydrogen-bond acceptors (Lipinski definition) is 4. The van der Waals surface area contributed by atoms with Crippen molar-refractivity contribution in [1.82, 2.24) is 4.90 Å². The monoisotopic (exact) mass is 402 g/mol. The molecule has 6 nitrogen and oxygen atoms in total. The normalized spacial score (nSPS) is 10.2. The number of para-hydroxylation sites is 1. The molecule has 0 spiro atoms. The highest BCUT2D eigenvalue weighted by Crippen LogP contribution is 2.20. The predicted molar refractivity (Wildman–Crippen MR) is 109 cm³/mol. The molecule has 0 unspecified atom stereocenters. The molecule has 0 saturated heterocycles. The summed E-state index contributed by atoms with van der Waals surface area (Å²) in [5, 5.41) is 3.10. The van der Waals surface area contributed by atoms with Crippen LogP contribution in [-0.4, -0.2) is 42.7 Å². The number of anilines is 1. The van der Waals surface area contributed by atoms with Gasteiger partial charge in [0.15, 0.2) is 6.61 Å². The van der Waals surface area contributed by atoms with Gasteiger partial charge in [-0.05, 0) is 43.2 Å². The number of carbonyl (C=O) groups is 3. The van der Waals surface area contributed by atoms with Crippen molar-refractivity contribution in [3.8, 4) is 5.75 Å². The molecule has 0 saturated carbocycles. The predicted octanol–water partition coefficient (Wildman–Crippen LogP) is 3.34. The van der Waals surface area contributed by atoms with Crippen LogP contribution in [0.4, 0.5) is 5.69 Å². The maximum absolute atomic E-state index is 12.2. The van der Waals surface area contributed by atoms with Gasteiger partial charge in [-0.2, -0.15) is 0 Å². The lowest BCUT2D eigenvalue weighted by molar-refractivity contribution is -0.135. The number of rotatable bonds is 9. The first-order chi connectivity index (χ1) is 13.3. The third-order valence-corrected chi connectivity index (χ3v) is 4.34. The van der Waals surface area contributed by atoms with Crippen molar-refractivity contribution in [3.05, 3.63) is 59.1 Å². The number of nitrogens with one attached hydrogen (secondary N) is 1. The lowest BCUT2D eigenvalue weighted by Gasteiger charge is -2.17. The number of hydrogen-bond donors (Lipinski definition) is 1. The molecule has 0 aromatic heterocycles. The summed E-state index contributed by atoms with van der Waals surface area (Å²) in [5.74, 6) is 0.0233. The van der Waals surface area contributed by atoms with Crippen LogP contribution in [0.3, 0.4) is 0 Å². The Morgan fingerprint density at radius 3 is 2.39 bits per heavy atom. The fourth-order valence-electron chi connectivity index (χ4n) is 2.38. The molecule has 0 atom stereocenters. The lowest BCUT2D eigenvalue weighted by Crippen LogP contribution is -2.37. The SMILES string of the molecule is CC(=O)CCc1ccc(OCC(=O)N(C)CC(=O)Nc2ccccc2Cl)cc1. The van der Waals surface area contributed by atoms with E-state index in [-0.39, 0.29) is 30.7 Å². The van der Waals surface area contributed by atoms with Crippen LogP contribution in [0, 0.1) is 0 Å². The Balaban J connectivity index is 1.78. The van der Waals surface area contributed by atoms with Crippen molar-refractivity contribution in [2.45, 2.75) is 19.8 Å². The molecule has 148 valence electrons. The van der Waals surface area contributed by atoms with Crippen LogP contribution in [0.1, 0.15) is 18.9 Å². The smallest absolute Gasteiger partial charge is 0.260 e. The molecule has 7 heteroatoms. The van der Waals surface area contributed by atoms with Crippen LogP contribution in [0.2, 0.25) is 5.02 Å². The van der Waals surface area contributed by atoms with Gasteiger partial charge in [0.1, 0.15) is 11.5 Å². The Labute approximate surface area is 169 Å². The molecule has 0 radical (unpaired) electrons. The Bertz CT molecular complexity index is 837. The van der Waals surface area contributed by atoms with Crippen molar-refractivity contribution < 1.29 is 19.1 Å². The number of likely N-dealkylation sites (N-methyl/N-ethyl adjacent to an activating group) is 1. The number of carbonyl (C=O) groups excluding carboxylic acids is 3. The van der Waals surface area contributed by atoms with Crippen LogP contribution in [0.5, 0.6) is 5.75 Å². The second kappa shape index (κ2) is 10.5.